The second-order valence-electron chi connectivity index (χ2n) is 5.19. The number of anilines is 1. The van der Waals surface area contributed by atoms with Crippen molar-refractivity contribution in [2.24, 2.45) is 0 Å². The van der Waals surface area contributed by atoms with E-state index >= 15 is 0 Å². The van der Waals surface area contributed by atoms with Gasteiger partial charge < -0.3 is 9.64 Å². The number of fused-ring (bicyclic) bond motifs is 1. The van der Waals surface area contributed by atoms with Crippen LogP contribution in [0.15, 0.2) is 48.5 Å². The van der Waals surface area contributed by atoms with Crippen LogP contribution in [-0.4, -0.2) is 18.6 Å². The minimum absolute atomic E-state index is 0.00939. The van der Waals surface area contributed by atoms with Crippen molar-refractivity contribution in [2.75, 3.05) is 11.5 Å². The van der Waals surface area contributed by atoms with Gasteiger partial charge in [-0.25, -0.2) is 4.39 Å². The molecule has 0 saturated heterocycles. The number of benzene rings is 2. The van der Waals surface area contributed by atoms with Crippen molar-refractivity contribution in [3.05, 3.63) is 59.9 Å². The normalized spacial score (nSPS) is 17.0. The van der Waals surface area contributed by atoms with Crippen molar-refractivity contribution in [3.63, 3.8) is 0 Å². The molecule has 108 valence electrons. The third kappa shape index (κ3) is 2.75. The molecule has 1 atom stereocenters. The van der Waals surface area contributed by atoms with Crippen molar-refractivity contribution in [2.45, 2.75) is 19.4 Å². The van der Waals surface area contributed by atoms with Gasteiger partial charge in [0.2, 0.25) is 5.91 Å². The Kier molecular flexibility index (Phi) is 3.60. The summed E-state index contributed by atoms with van der Waals surface area (Å²) < 4.78 is 18.6. The van der Waals surface area contributed by atoms with Gasteiger partial charge in [0.05, 0.1) is 18.2 Å². The summed E-state index contributed by atoms with van der Waals surface area (Å²) in [7, 11) is 0. The smallest absolute Gasteiger partial charge is 0.231 e. The molecule has 0 bridgehead atoms. The third-order valence-corrected chi connectivity index (χ3v) is 3.58. The van der Waals surface area contributed by atoms with Gasteiger partial charge >= 0.3 is 0 Å². The van der Waals surface area contributed by atoms with Crippen LogP contribution in [0, 0.1) is 5.82 Å². The van der Waals surface area contributed by atoms with Gasteiger partial charge in [-0.1, -0.05) is 24.3 Å². The molecular formula is C17H16FNO2. The number of carbonyl (C=O) groups excluding carboxylic acids is 1. The summed E-state index contributed by atoms with van der Waals surface area (Å²) in [4.78, 5) is 14.4. The average Bonchev–Trinajstić information content (AvgIpc) is 2.49. The molecule has 1 amide bonds. The molecule has 1 unspecified atom stereocenters. The molecule has 0 aromatic heterocycles. The summed E-state index contributed by atoms with van der Waals surface area (Å²) in [5.74, 6) is 0.421. The third-order valence-electron chi connectivity index (χ3n) is 3.58. The molecule has 1 aliphatic heterocycles. The van der Waals surface area contributed by atoms with Crippen molar-refractivity contribution in [1.29, 1.82) is 0 Å². The number of hydrogen-bond donors (Lipinski definition) is 0. The van der Waals surface area contributed by atoms with Gasteiger partial charge in [-0.2, -0.15) is 0 Å². The number of hydrogen-bond acceptors (Lipinski definition) is 2. The van der Waals surface area contributed by atoms with Crippen LogP contribution in [0.25, 0.3) is 0 Å². The first kappa shape index (κ1) is 13.6. The largest absolute Gasteiger partial charge is 0.489 e. The maximum atomic E-state index is 12.9. The number of nitrogens with zero attached hydrogens (tertiary/aromatic N) is 1. The van der Waals surface area contributed by atoms with E-state index in [1.807, 2.05) is 31.2 Å². The highest BCUT2D eigenvalue weighted by atomic mass is 19.1. The first-order valence-electron chi connectivity index (χ1n) is 6.93. The van der Waals surface area contributed by atoms with E-state index < -0.39 is 0 Å². The molecule has 4 heteroatoms. The molecule has 21 heavy (non-hydrogen) atoms. The van der Waals surface area contributed by atoms with E-state index in [0.717, 1.165) is 17.0 Å². The summed E-state index contributed by atoms with van der Waals surface area (Å²) in [5, 5.41) is 0. The monoisotopic (exact) mass is 285 g/mol. The molecule has 0 N–H and O–H groups in total. The van der Waals surface area contributed by atoms with Crippen molar-refractivity contribution >= 4 is 11.6 Å². The molecule has 2 aromatic carbocycles. The highest BCUT2D eigenvalue weighted by Crippen LogP contribution is 2.33. The fourth-order valence-electron chi connectivity index (χ4n) is 2.54. The zero-order valence-corrected chi connectivity index (χ0v) is 11.8. The zero-order chi connectivity index (χ0) is 14.8. The van der Waals surface area contributed by atoms with Crippen LogP contribution >= 0.6 is 0 Å². The van der Waals surface area contributed by atoms with Gasteiger partial charge in [0, 0.05) is 0 Å². The molecule has 3 nitrogen and oxygen atoms in total. The second kappa shape index (κ2) is 5.56. The van der Waals surface area contributed by atoms with Gasteiger partial charge in [-0.15, -0.1) is 0 Å². The lowest BCUT2D eigenvalue weighted by molar-refractivity contribution is -0.118. The summed E-state index contributed by atoms with van der Waals surface area (Å²) >= 11 is 0. The van der Waals surface area contributed by atoms with Gasteiger partial charge in [0.15, 0.2) is 0 Å². The SMILES string of the molecule is CC1COc2ccccc2N1C(=O)Cc1ccc(F)cc1. The first-order valence-corrected chi connectivity index (χ1v) is 6.93. The lowest BCUT2D eigenvalue weighted by atomic mass is 10.1. The van der Waals surface area contributed by atoms with Gasteiger partial charge in [-0.3, -0.25) is 4.79 Å². The highest BCUT2D eigenvalue weighted by molar-refractivity contribution is 5.97. The Labute approximate surface area is 123 Å². The predicted molar refractivity (Wildman–Crippen MR) is 79.0 cm³/mol. The Morgan fingerprint density at radius 3 is 2.71 bits per heavy atom. The maximum absolute atomic E-state index is 12.9. The molecule has 0 radical (unpaired) electrons. The fraction of sp³-hybridized carbons (Fsp3) is 0.235. The van der Waals surface area contributed by atoms with Crippen LogP contribution in [-0.2, 0) is 11.2 Å². The van der Waals surface area contributed by atoms with Crippen LogP contribution in [0.5, 0.6) is 5.75 Å². The molecule has 0 aliphatic carbocycles. The van der Waals surface area contributed by atoms with Crippen LogP contribution in [0.2, 0.25) is 0 Å². The van der Waals surface area contributed by atoms with Crippen LogP contribution in [0.4, 0.5) is 10.1 Å². The van der Waals surface area contributed by atoms with Crippen molar-refractivity contribution < 1.29 is 13.9 Å². The number of rotatable bonds is 2. The maximum Gasteiger partial charge on any atom is 0.231 e. The predicted octanol–water partition coefficient (Wildman–Crippen LogP) is 3.18. The van der Waals surface area contributed by atoms with Crippen LogP contribution < -0.4 is 9.64 Å². The molecular weight excluding hydrogens is 269 g/mol. The minimum Gasteiger partial charge on any atom is -0.489 e. The Morgan fingerprint density at radius 1 is 1.24 bits per heavy atom. The molecule has 2 aromatic rings. The minimum atomic E-state index is -0.295. The van der Waals surface area contributed by atoms with E-state index in [0.29, 0.717) is 6.61 Å². The number of amides is 1. The van der Waals surface area contributed by atoms with E-state index in [4.69, 9.17) is 4.74 Å². The van der Waals surface area contributed by atoms with Crippen molar-refractivity contribution in [1.82, 2.24) is 0 Å². The van der Waals surface area contributed by atoms with Gasteiger partial charge in [0.1, 0.15) is 18.2 Å². The lowest BCUT2D eigenvalue weighted by Gasteiger charge is -2.35. The quantitative estimate of drug-likeness (QED) is 0.848. The lowest BCUT2D eigenvalue weighted by Crippen LogP contribution is -2.45. The number of para-hydroxylation sites is 2. The Hall–Kier alpha value is -2.36. The molecule has 1 heterocycles. The van der Waals surface area contributed by atoms with E-state index in [1.165, 1.54) is 12.1 Å². The van der Waals surface area contributed by atoms with E-state index in [-0.39, 0.29) is 24.2 Å². The summed E-state index contributed by atoms with van der Waals surface area (Å²) in [6.45, 7) is 2.44. The highest BCUT2D eigenvalue weighted by Gasteiger charge is 2.28. The zero-order valence-electron chi connectivity index (χ0n) is 11.8. The summed E-state index contributed by atoms with van der Waals surface area (Å²) in [5.41, 5.74) is 1.60. The molecule has 0 fully saturated rings. The van der Waals surface area contributed by atoms with Gasteiger partial charge in [-0.05, 0) is 36.8 Å². The van der Waals surface area contributed by atoms with Crippen molar-refractivity contribution in [3.8, 4) is 5.75 Å². The first-order chi connectivity index (χ1) is 10.1. The second-order valence-corrected chi connectivity index (χ2v) is 5.19. The average molecular weight is 285 g/mol. The van der Waals surface area contributed by atoms with Crippen LogP contribution in [0.1, 0.15) is 12.5 Å². The van der Waals surface area contributed by atoms with Crippen LogP contribution in [0.3, 0.4) is 0 Å². The Bertz CT molecular complexity index is 654. The number of carbonyl (C=O) groups is 1. The van der Waals surface area contributed by atoms with E-state index in [2.05, 4.69) is 0 Å². The fourth-order valence-corrected chi connectivity index (χ4v) is 2.54. The standard InChI is InChI=1S/C17H16FNO2/c1-12-11-21-16-5-3-2-4-15(16)19(12)17(20)10-13-6-8-14(18)9-7-13/h2-9,12H,10-11H2,1H3. The topological polar surface area (TPSA) is 29.5 Å². The molecule has 0 spiro atoms. The number of ether oxygens (including phenoxy) is 1. The number of halogens is 1. The Morgan fingerprint density at radius 2 is 1.95 bits per heavy atom. The molecule has 3 rings (SSSR count). The summed E-state index contributed by atoms with van der Waals surface area (Å²) in [6, 6.07) is 13.5. The molecule has 1 aliphatic rings. The molecule has 0 saturated carbocycles. The van der Waals surface area contributed by atoms with E-state index in [9.17, 15) is 9.18 Å². The van der Waals surface area contributed by atoms with E-state index in [1.54, 1.807) is 17.0 Å². The summed E-state index contributed by atoms with van der Waals surface area (Å²) in [6.07, 6.45) is 0.249. The Balaban J connectivity index is 1.85. The van der Waals surface area contributed by atoms with Gasteiger partial charge in [0.25, 0.3) is 0 Å².